The topological polar surface area (TPSA) is 84.2 Å². The highest BCUT2D eigenvalue weighted by atomic mass is 16.4. The van der Waals surface area contributed by atoms with Crippen LogP contribution in [-0.2, 0) is 16.1 Å². The van der Waals surface area contributed by atoms with Crippen molar-refractivity contribution < 1.29 is 14.7 Å². The van der Waals surface area contributed by atoms with Crippen molar-refractivity contribution >= 4 is 28.9 Å². The second kappa shape index (κ2) is 5.73. The van der Waals surface area contributed by atoms with Crippen LogP contribution in [0.15, 0.2) is 24.3 Å². The Kier molecular flexibility index (Phi) is 4.02. The molecule has 0 fully saturated rings. The summed E-state index contributed by atoms with van der Waals surface area (Å²) in [5, 5.41) is 11.5. The van der Waals surface area contributed by atoms with E-state index < -0.39 is 17.8 Å². The van der Waals surface area contributed by atoms with Crippen molar-refractivity contribution in [2.75, 3.05) is 5.32 Å². The number of imidazole rings is 1. The molecule has 6 nitrogen and oxygen atoms in total. The summed E-state index contributed by atoms with van der Waals surface area (Å²) in [6.07, 6.45) is 0.887. The molecule has 0 saturated carbocycles. The fraction of sp³-hybridized carbons (Fsp3) is 0.357. The highest BCUT2D eigenvalue weighted by molar-refractivity contribution is 6.03. The third kappa shape index (κ3) is 2.64. The highest BCUT2D eigenvalue weighted by Gasteiger charge is 2.22. The monoisotopic (exact) mass is 275 g/mol. The molecule has 6 heteroatoms. The lowest BCUT2D eigenvalue weighted by Crippen LogP contribution is -2.28. The van der Waals surface area contributed by atoms with Gasteiger partial charge in [-0.05, 0) is 25.5 Å². The van der Waals surface area contributed by atoms with Crippen molar-refractivity contribution in [1.82, 2.24) is 9.55 Å². The Morgan fingerprint density at radius 1 is 1.40 bits per heavy atom. The Morgan fingerprint density at radius 2 is 2.10 bits per heavy atom. The molecule has 0 aliphatic heterocycles. The molecular weight excluding hydrogens is 258 g/mol. The number of nitrogens with zero attached hydrogens (tertiary/aromatic N) is 2. The molecule has 0 aliphatic carbocycles. The van der Waals surface area contributed by atoms with Gasteiger partial charge in [-0.2, -0.15) is 0 Å². The van der Waals surface area contributed by atoms with E-state index in [2.05, 4.69) is 10.3 Å². The molecule has 20 heavy (non-hydrogen) atoms. The molecule has 1 amide bonds. The third-order valence-corrected chi connectivity index (χ3v) is 3.10. The maximum Gasteiger partial charge on any atom is 0.315 e. The number of hydrogen-bond acceptors (Lipinski definition) is 3. The molecule has 1 atom stereocenters. The second-order valence-electron chi connectivity index (χ2n) is 4.62. The number of benzene rings is 1. The predicted molar refractivity (Wildman–Crippen MR) is 75.5 cm³/mol. The minimum atomic E-state index is -1.15. The summed E-state index contributed by atoms with van der Waals surface area (Å²) < 4.78 is 1.89. The van der Waals surface area contributed by atoms with Gasteiger partial charge in [0.25, 0.3) is 0 Å². The molecule has 1 aromatic heterocycles. The van der Waals surface area contributed by atoms with Crippen LogP contribution in [0, 0.1) is 5.92 Å². The van der Waals surface area contributed by atoms with Gasteiger partial charge in [-0.1, -0.05) is 19.1 Å². The quantitative estimate of drug-likeness (QED) is 0.818. The van der Waals surface area contributed by atoms with Gasteiger partial charge in [-0.15, -0.1) is 0 Å². The van der Waals surface area contributed by atoms with Crippen LogP contribution in [-0.4, -0.2) is 26.5 Å². The van der Waals surface area contributed by atoms with E-state index in [9.17, 15) is 9.59 Å². The predicted octanol–water partition coefficient (Wildman–Crippen LogP) is 2.11. The first-order chi connectivity index (χ1) is 9.54. The van der Waals surface area contributed by atoms with Crippen LogP contribution in [0.2, 0.25) is 0 Å². The minimum Gasteiger partial charge on any atom is -0.481 e. The molecule has 1 heterocycles. The molecule has 0 spiro atoms. The number of rotatable bonds is 5. The number of carbonyl (C=O) groups excluding carboxylic acids is 1. The van der Waals surface area contributed by atoms with E-state index in [0.717, 1.165) is 17.5 Å². The molecule has 1 aromatic carbocycles. The van der Waals surface area contributed by atoms with E-state index >= 15 is 0 Å². The maximum atomic E-state index is 11.8. The molecule has 0 radical (unpaired) electrons. The maximum absolute atomic E-state index is 11.8. The lowest BCUT2D eigenvalue weighted by molar-refractivity contribution is -0.144. The van der Waals surface area contributed by atoms with Crippen molar-refractivity contribution in [3.8, 4) is 0 Å². The molecule has 2 N–H and O–H groups in total. The number of carboxylic acids is 1. The summed E-state index contributed by atoms with van der Waals surface area (Å²) in [5.41, 5.74) is 1.70. The zero-order valence-corrected chi connectivity index (χ0v) is 11.5. The smallest absolute Gasteiger partial charge is 0.315 e. The van der Waals surface area contributed by atoms with Gasteiger partial charge in [-0.3, -0.25) is 14.9 Å². The number of para-hydroxylation sites is 2. The highest BCUT2D eigenvalue weighted by Crippen LogP contribution is 2.20. The number of hydrogen-bond donors (Lipinski definition) is 2. The molecular formula is C14H17N3O3. The molecule has 0 aliphatic rings. The summed E-state index contributed by atoms with van der Waals surface area (Å²) in [4.78, 5) is 27.0. The van der Waals surface area contributed by atoms with Crippen LogP contribution < -0.4 is 5.32 Å². The summed E-state index contributed by atoms with van der Waals surface area (Å²) in [6, 6.07) is 7.56. The van der Waals surface area contributed by atoms with E-state index in [0.29, 0.717) is 12.5 Å². The van der Waals surface area contributed by atoms with Gasteiger partial charge in [0, 0.05) is 6.54 Å². The number of aryl methyl sites for hydroxylation is 1. The summed E-state index contributed by atoms with van der Waals surface area (Å²) >= 11 is 0. The van der Waals surface area contributed by atoms with Gasteiger partial charge < -0.3 is 9.67 Å². The van der Waals surface area contributed by atoms with Crippen LogP contribution >= 0.6 is 0 Å². The third-order valence-electron chi connectivity index (χ3n) is 3.10. The zero-order chi connectivity index (χ0) is 14.7. The van der Waals surface area contributed by atoms with Crippen molar-refractivity contribution in [1.29, 1.82) is 0 Å². The Hall–Kier alpha value is -2.37. The number of carbonyl (C=O) groups is 2. The molecule has 106 valence electrons. The van der Waals surface area contributed by atoms with Gasteiger partial charge in [0.15, 0.2) is 0 Å². The Balaban J connectivity index is 2.36. The zero-order valence-electron chi connectivity index (χ0n) is 11.5. The number of nitrogens with one attached hydrogen (secondary N) is 1. The largest absolute Gasteiger partial charge is 0.481 e. The molecule has 0 bridgehead atoms. The number of aromatic nitrogens is 2. The van der Waals surface area contributed by atoms with Gasteiger partial charge in [0.05, 0.1) is 11.0 Å². The first-order valence-electron chi connectivity index (χ1n) is 6.53. The summed E-state index contributed by atoms with van der Waals surface area (Å²) in [6.45, 7) is 4.09. The van der Waals surface area contributed by atoms with E-state index in [1.165, 1.54) is 6.92 Å². The number of carboxylic acid groups (broad SMARTS) is 1. The number of fused-ring (bicyclic) bond motifs is 1. The summed E-state index contributed by atoms with van der Waals surface area (Å²) in [7, 11) is 0. The van der Waals surface area contributed by atoms with Gasteiger partial charge >= 0.3 is 5.97 Å². The van der Waals surface area contributed by atoms with Crippen molar-refractivity contribution in [3.05, 3.63) is 24.3 Å². The first kappa shape index (κ1) is 14.0. The SMILES string of the molecule is CCCn1c(NC(=O)C(C)C(=O)O)nc2ccccc21. The lowest BCUT2D eigenvalue weighted by atomic mass is 10.2. The Morgan fingerprint density at radius 3 is 2.75 bits per heavy atom. The van der Waals surface area contributed by atoms with Crippen LogP contribution in [0.25, 0.3) is 11.0 Å². The summed E-state index contributed by atoms with van der Waals surface area (Å²) in [5.74, 6) is -2.43. The molecule has 0 saturated heterocycles. The number of aliphatic carboxylic acids is 1. The molecule has 2 rings (SSSR count). The van der Waals surface area contributed by atoms with Gasteiger partial charge in [-0.25, -0.2) is 4.98 Å². The molecule has 1 unspecified atom stereocenters. The average Bonchev–Trinajstić information content (AvgIpc) is 2.76. The first-order valence-corrected chi connectivity index (χ1v) is 6.53. The van der Waals surface area contributed by atoms with Crippen molar-refractivity contribution in [2.24, 2.45) is 5.92 Å². The van der Waals surface area contributed by atoms with E-state index in [-0.39, 0.29) is 0 Å². The number of anilines is 1. The van der Waals surface area contributed by atoms with E-state index in [1.54, 1.807) is 0 Å². The van der Waals surface area contributed by atoms with Crippen molar-refractivity contribution in [3.63, 3.8) is 0 Å². The second-order valence-corrected chi connectivity index (χ2v) is 4.62. The van der Waals surface area contributed by atoms with Gasteiger partial charge in [0.2, 0.25) is 11.9 Å². The fourth-order valence-corrected chi connectivity index (χ4v) is 1.95. The normalized spacial score (nSPS) is 12.3. The van der Waals surface area contributed by atoms with Crippen LogP contribution in [0.5, 0.6) is 0 Å². The number of amides is 1. The minimum absolute atomic E-state index is 0.395. The fourth-order valence-electron chi connectivity index (χ4n) is 1.95. The van der Waals surface area contributed by atoms with Crippen LogP contribution in [0.1, 0.15) is 20.3 Å². The lowest BCUT2D eigenvalue weighted by Gasteiger charge is -2.10. The van der Waals surface area contributed by atoms with Crippen molar-refractivity contribution in [2.45, 2.75) is 26.8 Å². The molecule has 2 aromatic rings. The Labute approximate surface area is 116 Å². The van der Waals surface area contributed by atoms with E-state index in [4.69, 9.17) is 5.11 Å². The van der Waals surface area contributed by atoms with Crippen LogP contribution in [0.3, 0.4) is 0 Å². The average molecular weight is 275 g/mol. The Bertz CT molecular complexity index is 648. The van der Waals surface area contributed by atoms with Crippen LogP contribution in [0.4, 0.5) is 5.95 Å². The van der Waals surface area contributed by atoms with Gasteiger partial charge in [0.1, 0.15) is 5.92 Å². The van der Waals surface area contributed by atoms with E-state index in [1.807, 2.05) is 35.8 Å². The standard InChI is InChI=1S/C14H17N3O3/c1-3-8-17-11-7-5-4-6-10(11)15-14(17)16-12(18)9(2)13(19)20/h4-7,9H,3,8H2,1-2H3,(H,19,20)(H,15,16,18).